The van der Waals surface area contributed by atoms with Crippen molar-refractivity contribution >= 4 is 17.6 Å². The van der Waals surface area contributed by atoms with Crippen LogP contribution >= 0.6 is 0 Å². The number of hydrogen-bond acceptors (Lipinski definition) is 8. The van der Waals surface area contributed by atoms with Crippen molar-refractivity contribution in [2.45, 2.75) is 39.0 Å². The summed E-state index contributed by atoms with van der Waals surface area (Å²) in [6, 6.07) is 16.9. The average Bonchev–Trinajstić information content (AvgIpc) is 3.75. The molecule has 2 aromatic carbocycles. The maximum atomic E-state index is 13.6. The summed E-state index contributed by atoms with van der Waals surface area (Å²) in [6.07, 6.45) is -3.62. The lowest BCUT2D eigenvalue weighted by molar-refractivity contribution is -0.147. The van der Waals surface area contributed by atoms with E-state index in [0.29, 0.717) is 18.5 Å². The summed E-state index contributed by atoms with van der Waals surface area (Å²) in [7, 11) is 1.26. The molecule has 5 rings (SSSR count). The number of nitrogens with one attached hydrogen (secondary N) is 1. The van der Waals surface area contributed by atoms with E-state index >= 15 is 0 Å². The van der Waals surface area contributed by atoms with Crippen LogP contribution < -0.4 is 21.4 Å². The molecule has 42 heavy (non-hydrogen) atoms. The first kappa shape index (κ1) is 28.6. The van der Waals surface area contributed by atoms with Crippen LogP contribution in [0.3, 0.4) is 0 Å². The fourth-order valence-electron chi connectivity index (χ4n) is 4.36. The summed E-state index contributed by atoms with van der Waals surface area (Å²) in [5, 5.41) is 2.97. The monoisotopic (exact) mass is 581 g/mol. The molecule has 2 aromatic heterocycles. The molecule has 0 saturated heterocycles. The largest absolute Gasteiger partial charge is 0.469 e. The zero-order valence-electron chi connectivity index (χ0n) is 22.6. The zero-order chi connectivity index (χ0) is 30.1. The van der Waals surface area contributed by atoms with Gasteiger partial charge in [0.15, 0.2) is 0 Å². The van der Waals surface area contributed by atoms with E-state index in [2.05, 4.69) is 15.3 Å². The van der Waals surface area contributed by atoms with Crippen LogP contribution in [0.2, 0.25) is 0 Å². The molecule has 0 unspecified atom stereocenters. The number of nitrogens with zero attached hydrogens (tertiary/aromatic N) is 4. The predicted octanol–water partition coefficient (Wildman–Crippen LogP) is 4.66. The van der Waals surface area contributed by atoms with Crippen molar-refractivity contribution in [2.24, 2.45) is 5.41 Å². The highest BCUT2D eigenvalue weighted by Crippen LogP contribution is 2.47. The van der Waals surface area contributed by atoms with E-state index in [9.17, 15) is 27.6 Å². The maximum Gasteiger partial charge on any atom is 0.433 e. The Morgan fingerprint density at radius 3 is 2.29 bits per heavy atom. The molecule has 13 heteroatoms. The number of ether oxygens (including phenoxy) is 2. The predicted molar refractivity (Wildman–Crippen MR) is 146 cm³/mol. The van der Waals surface area contributed by atoms with Crippen molar-refractivity contribution in [3.8, 4) is 11.6 Å². The summed E-state index contributed by atoms with van der Waals surface area (Å²) in [5.74, 6) is -0.532. The standard InChI is InChI=1S/C29H26F3N5O5/c1-18-6-8-19(9-7-18)16-36-25(35-26(39)37(27(36)40)17-28(14-15-28)24(38)41-2)33-20-10-12-21(13-11-20)42-23-5-3-4-22(34-23)29(30,31)32/h3-13H,14-17H2,1-2H3,(H,33,35,39). The van der Waals surface area contributed by atoms with Gasteiger partial charge in [-0.1, -0.05) is 35.9 Å². The number of aromatic nitrogens is 4. The minimum absolute atomic E-state index is 0.0297. The molecule has 0 radical (unpaired) electrons. The number of rotatable bonds is 9. The van der Waals surface area contributed by atoms with Crippen molar-refractivity contribution in [1.29, 1.82) is 0 Å². The maximum absolute atomic E-state index is 13.6. The van der Waals surface area contributed by atoms with Gasteiger partial charge in [0.1, 0.15) is 11.4 Å². The van der Waals surface area contributed by atoms with Crippen molar-refractivity contribution < 1.29 is 27.4 Å². The van der Waals surface area contributed by atoms with Gasteiger partial charge in [-0.2, -0.15) is 18.2 Å². The quantitative estimate of drug-likeness (QED) is 0.284. The van der Waals surface area contributed by atoms with Gasteiger partial charge in [-0.15, -0.1) is 0 Å². The number of carbonyl (C=O) groups excluding carboxylic acids is 1. The van der Waals surface area contributed by atoms with Gasteiger partial charge in [-0.25, -0.2) is 19.1 Å². The van der Waals surface area contributed by atoms with E-state index in [1.54, 1.807) is 12.1 Å². The van der Waals surface area contributed by atoms with E-state index < -0.39 is 34.6 Å². The summed E-state index contributed by atoms with van der Waals surface area (Å²) in [5.41, 5.74) is -1.25. The first-order chi connectivity index (χ1) is 20.0. The highest BCUT2D eigenvalue weighted by Gasteiger charge is 2.52. The summed E-state index contributed by atoms with van der Waals surface area (Å²) in [6.45, 7) is 1.87. The van der Waals surface area contributed by atoms with Crippen molar-refractivity contribution in [2.75, 3.05) is 12.4 Å². The van der Waals surface area contributed by atoms with Crippen LogP contribution in [0, 0.1) is 12.3 Å². The van der Waals surface area contributed by atoms with E-state index in [1.165, 1.54) is 35.9 Å². The second-order valence-corrected chi connectivity index (χ2v) is 10.0. The minimum Gasteiger partial charge on any atom is -0.469 e. The first-order valence-electron chi connectivity index (χ1n) is 12.9. The minimum atomic E-state index is -4.61. The smallest absolute Gasteiger partial charge is 0.433 e. The number of benzene rings is 2. The molecule has 218 valence electrons. The lowest BCUT2D eigenvalue weighted by atomic mass is 10.1. The molecule has 1 N–H and O–H groups in total. The molecule has 1 fully saturated rings. The normalized spacial score (nSPS) is 13.8. The molecule has 2 heterocycles. The molecule has 0 aliphatic heterocycles. The molecule has 4 aromatic rings. The fourth-order valence-corrected chi connectivity index (χ4v) is 4.36. The number of pyridine rings is 1. The molecule has 0 amide bonds. The third-order valence-electron chi connectivity index (χ3n) is 6.89. The van der Waals surface area contributed by atoms with Gasteiger partial charge in [0.25, 0.3) is 0 Å². The lowest BCUT2D eigenvalue weighted by Crippen LogP contribution is -2.45. The Labute approximate surface area is 237 Å². The van der Waals surface area contributed by atoms with Crippen LogP contribution in [0.4, 0.5) is 24.8 Å². The Morgan fingerprint density at radius 2 is 1.67 bits per heavy atom. The molecule has 1 aliphatic carbocycles. The summed E-state index contributed by atoms with van der Waals surface area (Å²) in [4.78, 5) is 46.5. The number of anilines is 2. The third-order valence-corrected chi connectivity index (χ3v) is 6.89. The number of carbonyl (C=O) groups is 1. The number of esters is 1. The molecule has 1 aliphatic rings. The van der Waals surface area contributed by atoms with Crippen LogP contribution in [0.1, 0.15) is 29.7 Å². The SMILES string of the molecule is COC(=O)C1(Cn2c(=O)nc(Nc3ccc(Oc4cccc(C(F)(F)F)n4)cc3)n(Cc3ccc(C)cc3)c2=O)CC1. The van der Waals surface area contributed by atoms with Crippen LogP contribution in [-0.2, 0) is 28.8 Å². The van der Waals surface area contributed by atoms with E-state index in [-0.39, 0.29) is 30.7 Å². The van der Waals surface area contributed by atoms with Crippen LogP contribution in [0.5, 0.6) is 11.6 Å². The average molecular weight is 582 g/mol. The number of hydrogen-bond donors (Lipinski definition) is 1. The highest BCUT2D eigenvalue weighted by atomic mass is 19.4. The number of aryl methyl sites for hydroxylation is 1. The lowest BCUT2D eigenvalue weighted by Gasteiger charge is -2.18. The topological polar surface area (TPSA) is 117 Å². The Morgan fingerprint density at radius 1 is 0.976 bits per heavy atom. The second-order valence-electron chi connectivity index (χ2n) is 10.0. The molecular weight excluding hydrogens is 555 g/mol. The zero-order valence-corrected chi connectivity index (χ0v) is 22.6. The van der Waals surface area contributed by atoms with E-state index in [1.807, 2.05) is 31.2 Å². The third kappa shape index (κ3) is 6.19. The Balaban J connectivity index is 1.43. The van der Waals surface area contributed by atoms with Gasteiger partial charge in [0, 0.05) is 18.3 Å². The molecule has 10 nitrogen and oxygen atoms in total. The van der Waals surface area contributed by atoms with Gasteiger partial charge in [0.05, 0.1) is 19.1 Å². The molecule has 0 atom stereocenters. The van der Waals surface area contributed by atoms with Crippen LogP contribution in [-0.4, -0.2) is 32.2 Å². The van der Waals surface area contributed by atoms with E-state index in [0.717, 1.165) is 21.8 Å². The van der Waals surface area contributed by atoms with Crippen molar-refractivity contribution in [3.05, 3.63) is 105 Å². The Bertz CT molecular complexity index is 1730. The van der Waals surface area contributed by atoms with Crippen molar-refractivity contribution in [3.63, 3.8) is 0 Å². The van der Waals surface area contributed by atoms with Crippen LogP contribution in [0.25, 0.3) is 0 Å². The van der Waals surface area contributed by atoms with E-state index in [4.69, 9.17) is 9.47 Å². The second kappa shape index (κ2) is 11.1. The summed E-state index contributed by atoms with van der Waals surface area (Å²) < 4.78 is 51.5. The number of alkyl halides is 3. The Hall–Kier alpha value is -4.94. The van der Waals surface area contributed by atoms with Crippen LogP contribution in [0.15, 0.2) is 76.3 Å². The van der Waals surface area contributed by atoms with Gasteiger partial charge < -0.3 is 14.8 Å². The molecule has 0 bridgehead atoms. The van der Waals surface area contributed by atoms with Gasteiger partial charge >= 0.3 is 23.5 Å². The number of halogens is 3. The Kier molecular flexibility index (Phi) is 7.59. The van der Waals surface area contributed by atoms with Gasteiger partial charge in [-0.05, 0) is 55.7 Å². The molecular formula is C29H26F3N5O5. The molecule has 0 spiro atoms. The fraction of sp³-hybridized carbons (Fsp3) is 0.276. The molecule has 1 saturated carbocycles. The van der Waals surface area contributed by atoms with Crippen molar-refractivity contribution in [1.82, 2.24) is 19.1 Å². The first-order valence-corrected chi connectivity index (χ1v) is 12.9. The highest BCUT2D eigenvalue weighted by molar-refractivity contribution is 5.79. The number of methoxy groups -OCH3 is 1. The summed E-state index contributed by atoms with van der Waals surface area (Å²) >= 11 is 0. The van der Waals surface area contributed by atoms with Gasteiger partial charge in [0.2, 0.25) is 11.8 Å². The van der Waals surface area contributed by atoms with Gasteiger partial charge in [-0.3, -0.25) is 9.36 Å².